The van der Waals surface area contributed by atoms with Gasteiger partial charge in [0.2, 0.25) is 10.0 Å². The highest BCUT2D eigenvalue weighted by atomic mass is 32.2. The molecule has 2 rings (SSSR count). The second-order valence-corrected chi connectivity index (χ2v) is 7.35. The molecule has 5 nitrogen and oxygen atoms in total. The maximum Gasteiger partial charge on any atom is 0.238 e. The summed E-state index contributed by atoms with van der Waals surface area (Å²) >= 11 is 0. The summed E-state index contributed by atoms with van der Waals surface area (Å²) in [5.41, 5.74) is 1.08. The van der Waals surface area contributed by atoms with Gasteiger partial charge in [0.25, 0.3) is 0 Å². The molecule has 0 bridgehead atoms. The van der Waals surface area contributed by atoms with Crippen LogP contribution in [0.4, 0.5) is 0 Å². The first-order valence-corrected chi connectivity index (χ1v) is 8.95. The van der Waals surface area contributed by atoms with E-state index in [1.54, 1.807) is 12.1 Å². The molecule has 3 N–H and O–H groups in total. The van der Waals surface area contributed by atoms with Crippen LogP contribution < -0.4 is 5.14 Å². The summed E-state index contributed by atoms with van der Waals surface area (Å²) in [4.78, 5) is 2.50. The third-order valence-corrected chi connectivity index (χ3v) is 5.24. The number of piperidine rings is 1. The van der Waals surface area contributed by atoms with E-state index in [4.69, 9.17) is 5.14 Å². The van der Waals surface area contributed by atoms with Crippen LogP contribution in [-0.4, -0.2) is 43.7 Å². The first kappa shape index (κ1) is 16.4. The van der Waals surface area contributed by atoms with Crippen LogP contribution in [0.5, 0.6) is 0 Å². The fraction of sp³-hybridized carbons (Fsp3) is 0.600. The molecule has 1 aromatic rings. The van der Waals surface area contributed by atoms with Gasteiger partial charge in [0, 0.05) is 18.6 Å². The Hall–Kier alpha value is -0.950. The number of likely N-dealkylation sites (tertiary alicyclic amines) is 1. The van der Waals surface area contributed by atoms with Crippen LogP contribution in [0.1, 0.15) is 31.7 Å². The number of hydrogen-bond donors (Lipinski definition) is 2. The maximum absolute atomic E-state index is 11.2. The lowest BCUT2D eigenvalue weighted by Gasteiger charge is -2.40. The zero-order valence-corrected chi connectivity index (χ0v) is 13.2. The van der Waals surface area contributed by atoms with E-state index >= 15 is 0 Å². The van der Waals surface area contributed by atoms with Crippen LogP contribution in [0.3, 0.4) is 0 Å². The smallest absolute Gasteiger partial charge is 0.238 e. The van der Waals surface area contributed by atoms with E-state index in [0.29, 0.717) is 6.04 Å². The number of sulfonamides is 1. The molecule has 1 aromatic carbocycles. The van der Waals surface area contributed by atoms with Gasteiger partial charge in [-0.3, -0.25) is 4.90 Å². The van der Waals surface area contributed by atoms with Gasteiger partial charge in [-0.25, -0.2) is 13.6 Å². The van der Waals surface area contributed by atoms with Gasteiger partial charge in [0.05, 0.1) is 11.5 Å². The Morgan fingerprint density at radius 2 is 1.95 bits per heavy atom. The predicted molar refractivity (Wildman–Crippen MR) is 82.4 cm³/mol. The van der Waals surface area contributed by atoms with Gasteiger partial charge in [0.15, 0.2) is 0 Å². The fourth-order valence-corrected chi connectivity index (χ4v) is 3.56. The Labute approximate surface area is 126 Å². The summed E-state index contributed by atoms with van der Waals surface area (Å²) < 4.78 is 22.4. The zero-order valence-electron chi connectivity index (χ0n) is 12.4. The minimum atomic E-state index is -3.62. The molecule has 0 spiro atoms. The topological polar surface area (TPSA) is 83.6 Å². The van der Waals surface area contributed by atoms with Gasteiger partial charge < -0.3 is 5.11 Å². The largest absolute Gasteiger partial charge is 0.395 e. The molecule has 0 aliphatic carbocycles. The summed E-state index contributed by atoms with van der Waals surface area (Å²) in [6.45, 7) is 3.28. The third-order valence-electron chi connectivity index (χ3n) is 4.32. The zero-order chi connectivity index (χ0) is 15.5. The monoisotopic (exact) mass is 312 g/mol. The molecule has 0 amide bonds. The lowest BCUT2D eigenvalue weighted by molar-refractivity contribution is 0.0529. The minimum absolute atomic E-state index is 0.144. The Bertz CT molecular complexity index is 557. The molecule has 1 fully saturated rings. The second-order valence-electron chi connectivity index (χ2n) is 5.79. The molecule has 0 radical (unpaired) electrons. The minimum Gasteiger partial charge on any atom is -0.395 e. The van der Waals surface area contributed by atoms with Crippen LogP contribution in [-0.2, 0) is 16.4 Å². The van der Waals surface area contributed by atoms with E-state index in [2.05, 4.69) is 11.8 Å². The van der Waals surface area contributed by atoms with Crippen molar-refractivity contribution in [1.29, 1.82) is 0 Å². The first-order chi connectivity index (χ1) is 9.91. The van der Waals surface area contributed by atoms with Crippen LogP contribution in [0.15, 0.2) is 29.2 Å². The molecule has 21 heavy (non-hydrogen) atoms. The van der Waals surface area contributed by atoms with Crippen LogP contribution in [0, 0.1) is 0 Å². The number of primary sulfonamides is 1. The number of aliphatic hydroxyl groups excluding tert-OH is 1. The summed E-state index contributed by atoms with van der Waals surface area (Å²) in [5, 5.41) is 14.6. The number of aliphatic hydroxyl groups is 1. The van der Waals surface area contributed by atoms with Crippen molar-refractivity contribution in [1.82, 2.24) is 4.90 Å². The third kappa shape index (κ3) is 4.26. The lowest BCUT2D eigenvalue weighted by atomic mass is 9.96. The summed E-state index contributed by atoms with van der Waals surface area (Å²) in [5.74, 6) is 0. The predicted octanol–water partition coefficient (Wildman–Crippen LogP) is 1.11. The van der Waals surface area contributed by atoms with Gasteiger partial charge >= 0.3 is 0 Å². The molecular weight excluding hydrogens is 288 g/mol. The number of nitrogens with zero attached hydrogens (tertiary/aromatic N) is 1. The highest BCUT2D eigenvalue weighted by Gasteiger charge is 2.26. The molecule has 0 saturated carbocycles. The molecule has 2 unspecified atom stereocenters. The quantitative estimate of drug-likeness (QED) is 0.853. The molecule has 1 aliphatic rings. The first-order valence-electron chi connectivity index (χ1n) is 7.40. The van der Waals surface area contributed by atoms with Crippen molar-refractivity contribution in [2.24, 2.45) is 5.14 Å². The highest BCUT2D eigenvalue weighted by Crippen LogP contribution is 2.23. The standard InChI is InChI=1S/C15H24N2O3S/c1-12-3-2-4-14(11-18)17(12)10-9-13-5-7-15(8-6-13)21(16,19)20/h5-8,12,14,18H,2-4,9-11H2,1H3,(H2,16,19,20). The van der Waals surface area contributed by atoms with Crippen molar-refractivity contribution in [3.63, 3.8) is 0 Å². The highest BCUT2D eigenvalue weighted by molar-refractivity contribution is 7.89. The van der Waals surface area contributed by atoms with Crippen molar-refractivity contribution in [2.45, 2.75) is 49.6 Å². The van der Waals surface area contributed by atoms with Crippen molar-refractivity contribution >= 4 is 10.0 Å². The molecule has 118 valence electrons. The van der Waals surface area contributed by atoms with Gasteiger partial charge in [-0.2, -0.15) is 0 Å². The summed E-state index contributed by atoms with van der Waals surface area (Å²) in [6, 6.07) is 7.45. The van der Waals surface area contributed by atoms with E-state index in [9.17, 15) is 13.5 Å². The van der Waals surface area contributed by atoms with Gasteiger partial charge in [-0.15, -0.1) is 0 Å². The van der Waals surface area contributed by atoms with Crippen LogP contribution >= 0.6 is 0 Å². The average molecular weight is 312 g/mol. The van der Waals surface area contributed by atoms with Gasteiger partial charge in [0.1, 0.15) is 0 Å². The van der Waals surface area contributed by atoms with Crippen LogP contribution in [0.25, 0.3) is 0 Å². The number of nitrogens with two attached hydrogens (primary N) is 1. The SMILES string of the molecule is CC1CCCC(CO)N1CCc1ccc(S(N)(=O)=O)cc1. The lowest BCUT2D eigenvalue weighted by Crippen LogP contribution is -2.47. The van der Waals surface area contributed by atoms with E-state index in [-0.39, 0.29) is 17.5 Å². The molecular formula is C15H24N2O3S. The van der Waals surface area contributed by atoms with Gasteiger partial charge in [-0.05, 0) is 43.9 Å². The Balaban J connectivity index is 1.98. The van der Waals surface area contributed by atoms with E-state index in [0.717, 1.165) is 24.9 Å². The van der Waals surface area contributed by atoms with Crippen molar-refractivity contribution in [3.8, 4) is 0 Å². The summed E-state index contributed by atoms with van der Waals surface area (Å²) in [6.07, 6.45) is 4.23. The summed E-state index contributed by atoms with van der Waals surface area (Å²) in [7, 11) is -3.62. The molecule has 6 heteroatoms. The normalized spacial score (nSPS) is 24.1. The van der Waals surface area contributed by atoms with Crippen molar-refractivity contribution in [2.75, 3.05) is 13.2 Å². The Morgan fingerprint density at radius 1 is 1.29 bits per heavy atom. The Kier molecular flexibility index (Phi) is 5.37. The number of hydrogen-bond acceptors (Lipinski definition) is 4. The van der Waals surface area contributed by atoms with E-state index in [1.807, 2.05) is 12.1 Å². The fourth-order valence-electron chi connectivity index (χ4n) is 3.04. The molecule has 2 atom stereocenters. The molecule has 1 heterocycles. The van der Waals surface area contributed by atoms with Crippen molar-refractivity contribution < 1.29 is 13.5 Å². The molecule has 0 aromatic heterocycles. The number of benzene rings is 1. The van der Waals surface area contributed by atoms with E-state index < -0.39 is 10.0 Å². The van der Waals surface area contributed by atoms with E-state index in [1.165, 1.54) is 12.8 Å². The molecule has 1 saturated heterocycles. The maximum atomic E-state index is 11.2. The van der Waals surface area contributed by atoms with Crippen molar-refractivity contribution in [3.05, 3.63) is 29.8 Å². The van der Waals surface area contributed by atoms with Gasteiger partial charge in [-0.1, -0.05) is 18.6 Å². The average Bonchev–Trinajstić information content (AvgIpc) is 2.45. The molecule has 1 aliphatic heterocycles. The van der Waals surface area contributed by atoms with Crippen LogP contribution in [0.2, 0.25) is 0 Å². The Morgan fingerprint density at radius 3 is 2.52 bits per heavy atom. The second kappa shape index (κ2) is 6.87. The number of rotatable bonds is 5.